The van der Waals surface area contributed by atoms with Crippen LogP contribution in [-0.4, -0.2) is 14.5 Å². The Balaban J connectivity index is 1.37. The van der Waals surface area contributed by atoms with E-state index in [0.717, 1.165) is 33.7 Å². The number of hydrogen-bond acceptors (Lipinski definition) is 2. The van der Waals surface area contributed by atoms with Gasteiger partial charge in [0.05, 0.1) is 16.7 Å². The van der Waals surface area contributed by atoms with Crippen LogP contribution in [0.2, 0.25) is 0 Å². The van der Waals surface area contributed by atoms with Gasteiger partial charge in [0.2, 0.25) is 0 Å². The van der Waals surface area contributed by atoms with Gasteiger partial charge in [-0.25, -0.2) is 9.97 Å². The summed E-state index contributed by atoms with van der Waals surface area (Å²) in [6, 6.07) is 56.1. The van der Waals surface area contributed by atoms with Crippen LogP contribution in [0.3, 0.4) is 0 Å². The SMILES string of the molecule is CC1(c2ccccc2)c2ccccc2-c2cc3c(cc21)c1ccccc1n3-c1cc(-c2ccccc2)nc(-c2ccccc2)n1. The molecule has 0 amide bonds. The van der Waals surface area contributed by atoms with Gasteiger partial charge in [-0.2, -0.15) is 0 Å². The van der Waals surface area contributed by atoms with Crippen molar-refractivity contribution >= 4 is 21.8 Å². The highest BCUT2D eigenvalue weighted by Crippen LogP contribution is 2.54. The Labute approximate surface area is 262 Å². The number of rotatable bonds is 4. The predicted octanol–water partition coefficient (Wildman–Crippen LogP) is 10.2. The second kappa shape index (κ2) is 9.87. The maximum absolute atomic E-state index is 5.24. The van der Waals surface area contributed by atoms with Gasteiger partial charge in [0.1, 0.15) is 5.82 Å². The van der Waals surface area contributed by atoms with Crippen LogP contribution in [0.5, 0.6) is 0 Å². The van der Waals surface area contributed by atoms with Crippen LogP contribution in [0.25, 0.3) is 61.4 Å². The molecule has 0 radical (unpaired) electrons. The summed E-state index contributed by atoms with van der Waals surface area (Å²) in [4.78, 5) is 10.3. The molecule has 8 aromatic rings. The molecule has 45 heavy (non-hydrogen) atoms. The first-order valence-corrected chi connectivity index (χ1v) is 15.4. The van der Waals surface area contributed by atoms with Crippen molar-refractivity contribution in [2.24, 2.45) is 0 Å². The molecule has 1 unspecified atom stereocenters. The quantitative estimate of drug-likeness (QED) is 0.209. The zero-order chi connectivity index (χ0) is 30.0. The first-order valence-electron chi connectivity index (χ1n) is 15.4. The molecule has 9 rings (SSSR count). The van der Waals surface area contributed by atoms with Crippen molar-refractivity contribution in [3.05, 3.63) is 174 Å². The zero-order valence-electron chi connectivity index (χ0n) is 24.9. The van der Waals surface area contributed by atoms with E-state index in [1.54, 1.807) is 0 Å². The number of fused-ring (bicyclic) bond motifs is 6. The molecule has 3 heteroatoms. The van der Waals surface area contributed by atoms with Crippen LogP contribution in [-0.2, 0) is 5.41 Å². The van der Waals surface area contributed by atoms with Gasteiger partial charge in [-0.15, -0.1) is 0 Å². The highest BCUT2D eigenvalue weighted by molar-refractivity contribution is 6.11. The molecule has 0 aliphatic heterocycles. The molecule has 2 aromatic heterocycles. The summed E-state index contributed by atoms with van der Waals surface area (Å²) in [6.45, 7) is 2.38. The first-order chi connectivity index (χ1) is 22.2. The lowest BCUT2D eigenvalue weighted by Gasteiger charge is -2.28. The van der Waals surface area contributed by atoms with E-state index in [1.807, 2.05) is 24.3 Å². The Kier molecular flexibility index (Phi) is 5.63. The van der Waals surface area contributed by atoms with Crippen molar-refractivity contribution in [3.63, 3.8) is 0 Å². The largest absolute Gasteiger partial charge is 0.294 e. The first kappa shape index (κ1) is 25.7. The summed E-state index contributed by atoms with van der Waals surface area (Å²) >= 11 is 0. The summed E-state index contributed by atoms with van der Waals surface area (Å²) < 4.78 is 2.33. The number of para-hydroxylation sites is 1. The fourth-order valence-electron chi connectivity index (χ4n) is 7.30. The molecule has 212 valence electrons. The second-order valence-corrected chi connectivity index (χ2v) is 12.0. The third kappa shape index (κ3) is 3.84. The Morgan fingerprint density at radius 2 is 1.13 bits per heavy atom. The number of benzene rings is 6. The molecule has 0 saturated carbocycles. The summed E-state index contributed by atoms with van der Waals surface area (Å²) in [5.74, 6) is 1.56. The van der Waals surface area contributed by atoms with E-state index in [2.05, 4.69) is 145 Å². The van der Waals surface area contributed by atoms with Gasteiger partial charge in [0.25, 0.3) is 0 Å². The summed E-state index contributed by atoms with van der Waals surface area (Å²) in [5.41, 5.74) is 11.5. The minimum atomic E-state index is -0.263. The lowest BCUT2D eigenvalue weighted by molar-refractivity contribution is 0.715. The molecule has 0 N–H and O–H groups in total. The van der Waals surface area contributed by atoms with Crippen LogP contribution in [0.4, 0.5) is 0 Å². The van der Waals surface area contributed by atoms with E-state index in [-0.39, 0.29) is 5.41 Å². The van der Waals surface area contributed by atoms with Crippen LogP contribution >= 0.6 is 0 Å². The Morgan fingerprint density at radius 3 is 1.91 bits per heavy atom. The fourth-order valence-corrected chi connectivity index (χ4v) is 7.30. The summed E-state index contributed by atoms with van der Waals surface area (Å²) in [6.07, 6.45) is 0. The van der Waals surface area contributed by atoms with Crippen molar-refractivity contribution in [1.29, 1.82) is 0 Å². The third-order valence-corrected chi connectivity index (χ3v) is 9.50. The second-order valence-electron chi connectivity index (χ2n) is 12.0. The maximum Gasteiger partial charge on any atom is 0.162 e. The van der Waals surface area contributed by atoms with Gasteiger partial charge in [0.15, 0.2) is 5.82 Å². The summed E-state index contributed by atoms with van der Waals surface area (Å²) in [5, 5.41) is 2.43. The molecule has 0 saturated heterocycles. The molecule has 0 fully saturated rings. The van der Waals surface area contributed by atoms with E-state index < -0.39 is 0 Å². The van der Waals surface area contributed by atoms with Crippen molar-refractivity contribution < 1.29 is 0 Å². The molecule has 0 spiro atoms. The van der Waals surface area contributed by atoms with E-state index in [1.165, 1.54) is 38.6 Å². The lowest BCUT2D eigenvalue weighted by atomic mass is 9.74. The van der Waals surface area contributed by atoms with Gasteiger partial charge in [0, 0.05) is 33.4 Å². The van der Waals surface area contributed by atoms with Crippen LogP contribution in [0.1, 0.15) is 23.6 Å². The highest BCUT2D eigenvalue weighted by atomic mass is 15.1. The average molecular weight is 576 g/mol. The number of hydrogen-bond donors (Lipinski definition) is 0. The topological polar surface area (TPSA) is 30.7 Å². The van der Waals surface area contributed by atoms with Gasteiger partial charge < -0.3 is 0 Å². The van der Waals surface area contributed by atoms with E-state index in [9.17, 15) is 0 Å². The molecule has 2 heterocycles. The third-order valence-electron chi connectivity index (χ3n) is 9.50. The Hall–Kier alpha value is -5.80. The Morgan fingerprint density at radius 1 is 0.489 bits per heavy atom. The molecular weight excluding hydrogens is 546 g/mol. The number of nitrogens with zero attached hydrogens (tertiary/aromatic N) is 3. The zero-order valence-corrected chi connectivity index (χ0v) is 24.9. The predicted molar refractivity (Wildman–Crippen MR) is 185 cm³/mol. The molecular formula is C42H29N3. The van der Waals surface area contributed by atoms with Crippen LogP contribution in [0.15, 0.2) is 158 Å². The van der Waals surface area contributed by atoms with E-state index >= 15 is 0 Å². The molecule has 1 aliphatic carbocycles. The average Bonchev–Trinajstić information content (AvgIpc) is 3.58. The van der Waals surface area contributed by atoms with Crippen LogP contribution < -0.4 is 0 Å². The minimum Gasteiger partial charge on any atom is -0.294 e. The molecule has 3 nitrogen and oxygen atoms in total. The van der Waals surface area contributed by atoms with Gasteiger partial charge in [-0.3, -0.25) is 4.57 Å². The van der Waals surface area contributed by atoms with Gasteiger partial charge in [-0.05, 0) is 52.9 Å². The monoisotopic (exact) mass is 575 g/mol. The van der Waals surface area contributed by atoms with Crippen LogP contribution in [0, 0.1) is 0 Å². The van der Waals surface area contributed by atoms with Gasteiger partial charge in [-0.1, -0.05) is 133 Å². The Bertz CT molecular complexity index is 2320. The minimum absolute atomic E-state index is 0.263. The smallest absolute Gasteiger partial charge is 0.162 e. The van der Waals surface area contributed by atoms with E-state index in [0.29, 0.717) is 5.82 Å². The molecule has 6 aromatic carbocycles. The van der Waals surface area contributed by atoms with Crippen molar-refractivity contribution in [2.45, 2.75) is 12.3 Å². The fraction of sp³-hybridized carbons (Fsp3) is 0.0476. The standard InChI is InChI=1S/C42H29N3/c1-42(30-19-9-4-10-20-30)35-23-13-11-21-31(35)33-26-39-34(25-36(33)42)32-22-12-14-24-38(32)45(39)40-27-37(28-15-5-2-6-16-28)43-41(44-40)29-17-7-3-8-18-29/h2-27H,1H3. The van der Waals surface area contributed by atoms with Crippen molar-refractivity contribution in [3.8, 4) is 39.6 Å². The molecule has 1 atom stereocenters. The van der Waals surface area contributed by atoms with Gasteiger partial charge >= 0.3 is 0 Å². The van der Waals surface area contributed by atoms with Crippen molar-refractivity contribution in [2.75, 3.05) is 0 Å². The van der Waals surface area contributed by atoms with E-state index in [4.69, 9.17) is 9.97 Å². The highest BCUT2D eigenvalue weighted by Gasteiger charge is 2.41. The normalized spacial score (nSPS) is 15.3. The lowest BCUT2D eigenvalue weighted by Crippen LogP contribution is -2.22. The molecule has 1 aliphatic rings. The molecule has 0 bridgehead atoms. The summed E-state index contributed by atoms with van der Waals surface area (Å²) in [7, 11) is 0. The number of aromatic nitrogens is 3. The van der Waals surface area contributed by atoms with Crippen molar-refractivity contribution in [1.82, 2.24) is 14.5 Å². The maximum atomic E-state index is 5.24.